The van der Waals surface area contributed by atoms with E-state index in [4.69, 9.17) is 15.0 Å². The lowest BCUT2D eigenvalue weighted by Crippen LogP contribution is -2.35. The van der Waals surface area contributed by atoms with Crippen LogP contribution >= 0.6 is 0 Å². The van der Waals surface area contributed by atoms with Gasteiger partial charge in [0.15, 0.2) is 0 Å². The molecule has 1 aromatic rings. The molecule has 1 atom stereocenters. The van der Waals surface area contributed by atoms with Gasteiger partial charge >= 0.3 is 6.09 Å². The Morgan fingerprint density at radius 1 is 1.60 bits per heavy atom. The molecule has 0 bridgehead atoms. The summed E-state index contributed by atoms with van der Waals surface area (Å²) < 4.78 is 10.7. The third kappa shape index (κ3) is 3.50. The first-order valence-electron chi connectivity index (χ1n) is 7.02. The zero-order valence-corrected chi connectivity index (χ0v) is 12.4. The number of hydrogen-bond donors (Lipinski definition) is 1. The van der Waals surface area contributed by atoms with E-state index in [0.717, 1.165) is 24.2 Å². The molecule has 112 valence electrons. The summed E-state index contributed by atoms with van der Waals surface area (Å²) in [5, 5.41) is 3.85. The van der Waals surface area contributed by atoms with Gasteiger partial charge in [0.1, 0.15) is 11.4 Å². The molecule has 0 aliphatic carbocycles. The van der Waals surface area contributed by atoms with Crippen molar-refractivity contribution in [2.75, 3.05) is 19.6 Å². The highest BCUT2D eigenvalue weighted by atomic mass is 16.6. The number of carbonyl (C=O) groups is 1. The third-order valence-electron chi connectivity index (χ3n) is 3.30. The van der Waals surface area contributed by atoms with E-state index >= 15 is 0 Å². The quantitative estimate of drug-likeness (QED) is 0.915. The van der Waals surface area contributed by atoms with Crippen molar-refractivity contribution >= 4 is 6.09 Å². The molecule has 1 unspecified atom stereocenters. The second-order valence-electron chi connectivity index (χ2n) is 6.17. The van der Waals surface area contributed by atoms with Crippen molar-refractivity contribution in [1.29, 1.82) is 0 Å². The van der Waals surface area contributed by atoms with Crippen molar-refractivity contribution in [1.82, 2.24) is 10.1 Å². The molecule has 0 saturated carbocycles. The predicted octanol–water partition coefficient (Wildman–Crippen LogP) is 1.90. The molecule has 6 heteroatoms. The Kier molecular flexibility index (Phi) is 4.32. The molecule has 1 aliphatic heterocycles. The van der Waals surface area contributed by atoms with Crippen LogP contribution in [0.3, 0.4) is 0 Å². The molecule has 1 aliphatic rings. The number of likely N-dealkylation sites (tertiary alicyclic amines) is 1. The largest absolute Gasteiger partial charge is 0.444 e. The van der Waals surface area contributed by atoms with Crippen molar-refractivity contribution in [2.24, 2.45) is 5.73 Å². The summed E-state index contributed by atoms with van der Waals surface area (Å²) in [7, 11) is 0. The van der Waals surface area contributed by atoms with E-state index in [-0.39, 0.29) is 12.0 Å². The first kappa shape index (κ1) is 14.8. The molecular formula is C14H23N3O3. The lowest BCUT2D eigenvalue weighted by atomic mass is 10.0. The summed E-state index contributed by atoms with van der Waals surface area (Å²) in [6.45, 7) is 7.47. The van der Waals surface area contributed by atoms with Gasteiger partial charge in [0, 0.05) is 24.6 Å². The molecule has 2 rings (SSSR count). The van der Waals surface area contributed by atoms with Crippen molar-refractivity contribution in [3.05, 3.63) is 17.5 Å². The van der Waals surface area contributed by atoms with Gasteiger partial charge in [-0.25, -0.2) is 4.79 Å². The molecule has 6 nitrogen and oxygen atoms in total. The number of rotatable bonds is 3. The highest BCUT2D eigenvalue weighted by molar-refractivity contribution is 5.68. The van der Waals surface area contributed by atoms with Crippen LogP contribution < -0.4 is 5.73 Å². The number of ether oxygens (including phenoxy) is 1. The summed E-state index contributed by atoms with van der Waals surface area (Å²) >= 11 is 0. The number of nitrogens with zero attached hydrogens (tertiary/aromatic N) is 2. The minimum atomic E-state index is -0.466. The second-order valence-corrected chi connectivity index (χ2v) is 6.17. The number of nitrogens with two attached hydrogens (primary N) is 1. The maximum atomic E-state index is 12.0. The van der Waals surface area contributed by atoms with Crippen LogP contribution in [0.2, 0.25) is 0 Å². The van der Waals surface area contributed by atoms with Gasteiger partial charge in [-0.15, -0.1) is 0 Å². The van der Waals surface area contributed by atoms with E-state index in [1.54, 1.807) is 11.1 Å². The SMILES string of the molecule is CC(C)(C)OC(=O)N1CCC(c2oncc2CCN)C1. The van der Waals surface area contributed by atoms with E-state index < -0.39 is 5.60 Å². The fraction of sp³-hybridized carbons (Fsp3) is 0.714. The Morgan fingerprint density at radius 2 is 2.35 bits per heavy atom. The van der Waals surface area contributed by atoms with Crippen molar-refractivity contribution in [3.8, 4) is 0 Å². The Morgan fingerprint density at radius 3 is 3.00 bits per heavy atom. The maximum absolute atomic E-state index is 12.0. The van der Waals surface area contributed by atoms with Gasteiger partial charge in [0.05, 0.1) is 6.20 Å². The summed E-state index contributed by atoms with van der Waals surface area (Å²) in [5.41, 5.74) is 6.16. The molecule has 0 spiro atoms. The van der Waals surface area contributed by atoms with Gasteiger partial charge in [-0.2, -0.15) is 0 Å². The Bertz CT molecular complexity index is 464. The average Bonchev–Trinajstić information content (AvgIpc) is 2.94. The summed E-state index contributed by atoms with van der Waals surface area (Å²) in [5.74, 6) is 1.05. The normalized spacial score (nSPS) is 19.4. The molecule has 0 radical (unpaired) electrons. The molecule has 2 heterocycles. The molecular weight excluding hydrogens is 258 g/mol. The number of carbonyl (C=O) groups excluding carboxylic acids is 1. The van der Waals surface area contributed by atoms with Gasteiger partial charge in [-0.05, 0) is 40.2 Å². The van der Waals surface area contributed by atoms with Crippen LogP contribution in [0.4, 0.5) is 4.79 Å². The molecule has 1 amide bonds. The van der Waals surface area contributed by atoms with Gasteiger partial charge in [-0.1, -0.05) is 5.16 Å². The van der Waals surface area contributed by atoms with Crippen LogP contribution in [-0.2, 0) is 11.2 Å². The number of aromatic nitrogens is 1. The predicted molar refractivity (Wildman–Crippen MR) is 74.4 cm³/mol. The molecule has 1 fully saturated rings. The van der Waals surface area contributed by atoms with Crippen molar-refractivity contribution < 1.29 is 14.1 Å². The van der Waals surface area contributed by atoms with Gasteiger partial charge < -0.3 is 19.9 Å². The molecule has 20 heavy (non-hydrogen) atoms. The first-order chi connectivity index (χ1) is 9.40. The van der Waals surface area contributed by atoms with Crippen LogP contribution in [-0.4, -0.2) is 41.4 Å². The number of hydrogen-bond acceptors (Lipinski definition) is 5. The molecule has 0 aromatic carbocycles. The van der Waals surface area contributed by atoms with Gasteiger partial charge in [-0.3, -0.25) is 0 Å². The topological polar surface area (TPSA) is 81.6 Å². The van der Waals surface area contributed by atoms with Crippen LogP contribution in [0.15, 0.2) is 10.7 Å². The lowest BCUT2D eigenvalue weighted by Gasteiger charge is -2.24. The van der Waals surface area contributed by atoms with Crippen molar-refractivity contribution in [2.45, 2.75) is 45.1 Å². The van der Waals surface area contributed by atoms with E-state index in [2.05, 4.69) is 5.16 Å². The Balaban J connectivity index is 1.98. The zero-order chi connectivity index (χ0) is 14.8. The monoisotopic (exact) mass is 281 g/mol. The second kappa shape index (κ2) is 5.83. The highest BCUT2D eigenvalue weighted by Gasteiger charge is 2.33. The lowest BCUT2D eigenvalue weighted by molar-refractivity contribution is 0.0291. The minimum Gasteiger partial charge on any atom is -0.444 e. The fourth-order valence-corrected chi connectivity index (χ4v) is 2.42. The van der Waals surface area contributed by atoms with E-state index in [1.807, 2.05) is 20.8 Å². The van der Waals surface area contributed by atoms with E-state index in [9.17, 15) is 4.79 Å². The average molecular weight is 281 g/mol. The minimum absolute atomic E-state index is 0.187. The molecule has 2 N–H and O–H groups in total. The first-order valence-corrected chi connectivity index (χ1v) is 7.02. The van der Waals surface area contributed by atoms with Crippen molar-refractivity contribution in [3.63, 3.8) is 0 Å². The van der Waals surface area contributed by atoms with Gasteiger partial charge in [0.2, 0.25) is 0 Å². The summed E-state index contributed by atoms with van der Waals surface area (Å²) in [6.07, 6.45) is 3.08. The Labute approximate surface area is 119 Å². The standard InChI is InChI=1S/C14H23N3O3/c1-14(2,3)19-13(18)17-7-5-11(9-17)12-10(4-6-15)8-16-20-12/h8,11H,4-7,9,15H2,1-3H3. The molecule has 1 aromatic heterocycles. The van der Waals surface area contributed by atoms with Crippen LogP contribution in [0.1, 0.15) is 44.4 Å². The maximum Gasteiger partial charge on any atom is 0.410 e. The molecule has 1 saturated heterocycles. The van der Waals surface area contributed by atoms with E-state index in [0.29, 0.717) is 19.6 Å². The summed E-state index contributed by atoms with van der Waals surface area (Å²) in [6, 6.07) is 0. The van der Waals surface area contributed by atoms with Crippen LogP contribution in [0, 0.1) is 0 Å². The fourth-order valence-electron chi connectivity index (χ4n) is 2.42. The van der Waals surface area contributed by atoms with Crippen LogP contribution in [0.25, 0.3) is 0 Å². The Hall–Kier alpha value is -1.56. The van der Waals surface area contributed by atoms with E-state index in [1.165, 1.54) is 0 Å². The van der Waals surface area contributed by atoms with Crippen LogP contribution in [0.5, 0.6) is 0 Å². The van der Waals surface area contributed by atoms with Gasteiger partial charge in [0.25, 0.3) is 0 Å². The summed E-state index contributed by atoms with van der Waals surface area (Å²) in [4.78, 5) is 13.8. The highest BCUT2D eigenvalue weighted by Crippen LogP contribution is 2.30. The zero-order valence-electron chi connectivity index (χ0n) is 12.4. The smallest absolute Gasteiger partial charge is 0.410 e. The number of amides is 1. The third-order valence-corrected chi connectivity index (χ3v) is 3.30.